The molecule has 0 spiro atoms. The lowest BCUT2D eigenvalue weighted by Gasteiger charge is -2.12. The zero-order valence-electron chi connectivity index (χ0n) is 36.0. The van der Waals surface area contributed by atoms with Crippen LogP contribution in [0.1, 0.15) is 11.1 Å². The molecule has 0 radical (unpaired) electrons. The molecule has 2 aromatic heterocycles. The smallest absolute Gasteiger partial charge is 0.0616 e. The van der Waals surface area contributed by atoms with E-state index in [1.807, 2.05) is 12.2 Å². The normalized spacial score (nSPS) is 12.1. The van der Waals surface area contributed by atoms with Crippen LogP contribution in [0, 0.1) is 6.92 Å². The first-order valence-corrected chi connectivity index (χ1v) is 22.4. The van der Waals surface area contributed by atoms with Crippen molar-refractivity contribution in [3.05, 3.63) is 236 Å². The van der Waals surface area contributed by atoms with Gasteiger partial charge >= 0.3 is 0 Å². The molecule has 13 rings (SSSR count). The monoisotopic (exact) mass is 826 g/mol. The molecule has 2 heterocycles. The Kier molecular flexibility index (Phi) is 8.31. The third kappa shape index (κ3) is 5.74. The predicted octanol–water partition coefficient (Wildman–Crippen LogP) is 17.2. The van der Waals surface area contributed by atoms with Gasteiger partial charge in [-0.3, -0.25) is 0 Å². The van der Waals surface area contributed by atoms with Crippen molar-refractivity contribution in [3.8, 4) is 67.0 Å². The summed E-state index contributed by atoms with van der Waals surface area (Å²) in [7, 11) is 0. The number of aromatic nitrogens is 2. The van der Waals surface area contributed by atoms with E-state index >= 15 is 0 Å². The topological polar surface area (TPSA) is 9.86 Å². The molecule has 2 heteroatoms. The Bertz CT molecular complexity index is 3930. The maximum atomic E-state index is 3.96. The van der Waals surface area contributed by atoms with Crippen LogP contribution in [0.2, 0.25) is 0 Å². The molecule has 0 atom stereocenters. The van der Waals surface area contributed by atoms with E-state index in [2.05, 4.69) is 235 Å². The highest BCUT2D eigenvalue weighted by atomic mass is 15.0. The summed E-state index contributed by atoms with van der Waals surface area (Å²) in [5.74, 6) is 0. The van der Waals surface area contributed by atoms with Crippen LogP contribution in [0.25, 0.3) is 127 Å². The van der Waals surface area contributed by atoms with E-state index in [9.17, 15) is 0 Å². The maximum absolute atomic E-state index is 3.96. The molecule has 0 saturated heterocycles. The second kappa shape index (κ2) is 14.6. The van der Waals surface area contributed by atoms with Crippen molar-refractivity contribution >= 4 is 60.5 Å². The van der Waals surface area contributed by atoms with Crippen LogP contribution in [0.3, 0.4) is 0 Å². The molecule has 0 fully saturated rings. The molecule has 0 N–H and O–H groups in total. The minimum atomic E-state index is 1.14. The summed E-state index contributed by atoms with van der Waals surface area (Å²) in [5.41, 5.74) is 22.1. The highest BCUT2D eigenvalue weighted by molar-refractivity contribution is 6.16. The molecule has 1 aliphatic carbocycles. The second-order valence-corrected chi connectivity index (χ2v) is 17.4. The van der Waals surface area contributed by atoms with Gasteiger partial charge in [0.05, 0.1) is 22.1 Å². The van der Waals surface area contributed by atoms with Gasteiger partial charge in [-0.15, -0.1) is 0 Å². The van der Waals surface area contributed by atoms with E-state index in [-0.39, 0.29) is 0 Å². The summed E-state index contributed by atoms with van der Waals surface area (Å²) in [6.07, 6.45) is 6.07. The fourth-order valence-corrected chi connectivity index (χ4v) is 10.7. The Morgan fingerprint density at radius 1 is 0.385 bits per heavy atom. The molecule has 0 amide bonds. The van der Waals surface area contributed by atoms with Gasteiger partial charge in [-0.2, -0.15) is 0 Å². The van der Waals surface area contributed by atoms with E-state index < -0.39 is 0 Å². The number of aryl methyl sites for hydroxylation is 1. The van der Waals surface area contributed by atoms with Crippen molar-refractivity contribution in [1.82, 2.24) is 9.13 Å². The van der Waals surface area contributed by atoms with Crippen molar-refractivity contribution in [3.63, 3.8) is 0 Å². The van der Waals surface area contributed by atoms with Crippen LogP contribution in [-0.2, 0) is 0 Å². The zero-order chi connectivity index (χ0) is 43.2. The van der Waals surface area contributed by atoms with Gasteiger partial charge in [0, 0.05) is 38.5 Å². The Morgan fingerprint density at radius 3 is 1.75 bits per heavy atom. The van der Waals surface area contributed by atoms with Gasteiger partial charge in [0.15, 0.2) is 0 Å². The maximum Gasteiger partial charge on any atom is 0.0616 e. The number of benzene rings is 10. The van der Waals surface area contributed by atoms with E-state index in [1.54, 1.807) is 0 Å². The average Bonchev–Trinajstić information content (AvgIpc) is 4.00. The van der Waals surface area contributed by atoms with Crippen LogP contribution in [0.15, 0.2) is 225 Å². The van der Waals surface area contributed by atoms with Gasteiger partial charge in [0.2, 0.25) is 0 Å². The highest BCUT2D eigenvalue weighted by Gasteiger charge is 2.22. The average molecular weight is 827 g/mol. The summed E-state index contributed by atoms with van der Waals surface area (Å²) < 4.78 is 4.84. The Morgan fingerprint density at radius 2 is 0.969 bits per heavy atom. The number of para-hydroxylation sites is 2. The lowest BCUT2D eigenvalue weighted by molar-refractivity contribution is 1.17. The zero-order valence-corrected chi connectivity index (χ0v) is 36.0. The minimum absolute atomic E-state index is 1.14. The summed E-state index contributed by atoms with van der Waals surface area (Å²) in [4.78, 5) is 0. The molecule has 0 saturated carbocycles. The molecule has 10 aromatic carbocycles. The van der Waals surface area contributed by atoms with Crippen molar-refractivity contribution in [2.45, 2.75) is 6.92 Å². The molecule has 1 aliphatic rings. The van der Waals surface area contributed by atoms with Gasteiger partial charge in [0.25, 0.3) is 0 Å². The predicted molar refractivity (Wildman–Crippen MR) is 277 cm³/mol. The van der Waals surface area contributed by atoms with E-state index in [0.717, 1.165) is 11.4 Å². The van der Waals surface area contributed by atoms with Crippen molar-refractivity contribution in [2.75, 3.05) is 0 Å². The Labute approximate surface area is 377 Å². The van der Waals surface area contributed by atoms with Gasteiger partial charge < -0.3 is 9.13 Å². The first-order valence-electron chi connectivity index (χ1n) is 22.4. The fourth-order valence-electron chi connectivity index (χ4n) is 10.7. The summed E-state index contributed by atoms with van der Waals surface area (Å²) in [6.45, 7) is 6.15. The van der Waals surface area contributed by atoms with Crippen molar-refractivity contribution < 1.29 is 0 Å². The van der Waals surface area contributed by atoms with Crippen LogP contribution in [0.4, 0.5) is 0 Å². The van der Waals surface area contributed by atoms with Crippen LogP contribution in [-0.4, -0.2) is 9.13 Å². The lowest BCUT2D eigenvalue weighted by Crippen LogP contribution is -1.96. The van der Waals surface area contributed by atoms with Gasteiger partial charge in [-0.1, -0.05) is 176 Å². The highest BCUT2D eigenvalue weighted by Crippen LogP contribution is 2.48. The summed E-state index contributed by atoms with van der Waals surface area (Å²) in [5, 5.41) is 7.63. The van der Waals surface area contributed by atoms with E-state index in [0.29, 0.717) is 0 Å². The van der Waals surface area contributed by atoms with Gasteiger partial charge in [-0.25, -0.2) is 0 Å². The number of fused-ring (bicyclic) bond motifs is 9. The minimum Gasteiger partial charge on any atom is -0.309 e. The molecular formula is C63H42N2. The largest absolute Gasteiger partial charge is 0.309 e. The quantitative estimate of drug-likeness (QED) is 0.142. The van der Waals surface area contributed by atoms with Gasteiger partial charge in [-0.05, 0) is 133 Å². The molecule has 12 aromatic rings. The van der Waals surface area contributed by atoms with Crippen LogP contribution >= 0.6 is 0 Å². The summed E-state index contributed by atoms with van der Waals surface area (Å²) in [6, 6.07) is 76.3. The van der Waals surface area contributed by atoms with E-state index in [4.69, 9.17) is 0 Å². The van der Waals surface area contributed by atoms with Crippen LogP contribution in [0.5, 0.6) is 0 Å². The standard InChI is InChI=1S/C63H42N2/c1-3-4-16-50-40(2)21-33-56-53-35-29-47(39-61(53)65(63(50)56)48-14-6-5-7-15-48)46-30-36-60-58(38-46)52-17-8-9-20-59(52)64(60)49-31-26-42(27-32-49)41-22-24-43(25-23-41)45-28-34-51-54-18-10-12-44-13-11-19-55(62(44)54)57(51)37-45/h3-39H,1H2,2H3/b16-4-. The number of allylic oxidation sites excluding steroid dienone is 2. The first kappa shape index (κ1) is 37.1. The molecule has 304 valence electrons. The lowest BCUT2D eigenvalue weighted by atomic mass is 9.96. The first-order chi connectivity index (χ1) is 32.1. The second-order valence-electron chi connectivity index (χ2n) is 17.4. The van der Waals surface area contributed by atoms with Crippen molar-refractivity contribution in [1.29, 1.82) is 0 Å². The Balaban J connectivity index is 0.853. The fraction of sp³-hybridized carbons (Fsp3) is 0.0159. The van der Waals surface area contributed by atoms with Gasteiger partial charge in [0.1, 0.15) is 0 Å². The number of hydrogen-bond donors (Lipinski definition) is 0. The molecule has 0 bridgehead atoms. The van der Waals surface area contributed by atoms with Crippen molar-refractivity contribution in [2.24, 2.45) is 0 Å². The molecular weight excluding hydrogens is 785 g/mol. The SMILES string of the molecule is C=C/C=C\c1c(C)ccc2c3ccc(-c4ccc5c(c4)c4ccccc4n5-c4ccc(-c5ccc(-c6ccc7c(c6)-c6cccc8cccc-7c68)cc5)cc4)cc3n(-c3ccccc3)c12. The third-order valence-electron chi connectivity index (χ3n) is 13.8. The van der Waals surface area contributed by atoms with E-state index in [1.165, 1.54) is 121 Å². The number of hydrogen-bond acceptors (Lipinski definition) is 0. The Hall–Kier alpha value is -8.46. The number of nitrogens with zero attached hydrogens (tertiary/aromatic N) is 2. The van der Waals surface area contributed by atoms with Crippen LogP contribution < -0.4 is 0 Å². The number of rotatable bonds is 7. The molecule has 0 aliphatic heterocycles. The molecule has 0 unspecified atom stereocenters. The molecule has 65 heavy (non-hydrogen) atoms. The summed E-state index contributed by atoms with van der Waals surface area (Å²) >= 11 is 0. The molecule has 2 nitrogen and oxygen atoms in total. The third-order valence-corrected chi connectivity index (χ3v) is 13.8.